The van der Waals surface area contributed by atoms with Crippen molar-refractivity contribution in [1.82, 2.24) is 10.2 Å². The van der Waals surface area contributed by atoms with Gasteiger partial charge in [-0.25, -0.2) is 0 Å². The van der Waals surface area contributed by atoms with E-state index in [1.807, 2.05) is 54.6 Å². The van der Waals surface area contributed by atoms with E-state index in [0.717, 1.165) is 17.5 Å². The van der Waals surface area contributed by atoms with Crippen LogP contribution >= 0.6 is 0 Å². The van der Waals surface area contributed by atoms with Crippen molar-refractivity contribution in [1.29, 1.82) is 0 Å². The van der Waals surface area contributed by atoms with E-state index in [4.69, 9.17) is 0 Å². The lowest BCUT2D eigenvalue weighted by atomic mass is 9.99. The van der Waals surface area contributed by atoms with E-state index in [1.54, 1.807) is 4.90 Å². The third-order valence-corrected chi connectivity index (χ3v) is 4.27. The summed E-state index contributed by atoms with van der Waals surface area (Å²) in [6.07, 6.45) is 2.08. The summed E-state index contributed by atoms with van der Waals surface area (Å²) in [5.74, 6) is -0.191. The molecule has 1 N–H and O–H groups in total. The molecule has 1 atom stereocenters. The molecular weight excluding hydrogens is 300 g/mol. The molecule has 2 amide bonds. The fourth-order valence-electron chi connectivity index (χ4n) is 3.02. The van der Waals surface area contributed by atoms with Gasteiger partial charge in [-0.05, 0) is 29.7 Å². The third kappa shape index (κ3) is 3.38. The van der Waals surface area contributed by atoms with E-state index in [1.165, 1.54) is 6.08 Å². The summed E-state index contributed by atoms with van der Waals surface area (Å²) in [5, 5.41) is 3.05. The summed E-state index contributed by atoms with van der Waals surface area (Å²) in [5.41, 5.74) is 2.57. The molecule has 0 radical (unpaired) electrons. The van der Waals surface area contributed by atoms with Crippen molar-refractivity contribution in [3.63, 3.8) is 0 Å². The second-order valence-electron chi connectivity index (χ2n) is 5.86. The Balaban J connectivity index is 1.75. The van der Waals surface area contributed by atoms with Crippen LogP contribution in [-0.4, -0.2) is 35.8 Å². The normalized spacial score (nSPS) is 16.7. The van der Waals surface area contributed by atoms with Crippen LogP contribution in [0.2, 0.25) is 0 Å². The molecule has 24 heavy (non-hydrogen) atoms. The molecule has 2 aromatic carbocycles. The number of rotatable bonds is 4. The van der Waals surface area contributed by atoms with Crippen molar-refractivity contribution in [3.8, 4) is 11.1 Å². The molecule has 3 rings (SSSR count). The Bertz CT molecular complexity index is 755. The maximum absolute atomic E-state index is 12.7. The Morgan fingerprint density at radius 1 is 1.08 bits per heavy atom. The quantitative estimate of drug-likeness (QED) is 0.881. The fourth-order valence-corrected chi connectivity index (χ4v) is 3.02. The van der Waals surface area contributed by atoms with Gasteiger partial charge in [-0.1, -0.05) is 55.1 Å². The van der Waals surface area contributed by atoms with Crippen LogP contribution in [-0.2, 0) is 4.79 Å². The fraction of sp³-hybridized carbons (Fsp3) is 0.200. The zero-order valence-electron chi connectivity index (χ0n) is 13.4. The first-order valence-corrected chi connectivity index (χ1v) is 8.05. The number of benzene rings is 2. The van der Waals surface area contributed by atoms with Gasteiger partial charge in [0.1, 0.15) is 0 Å². The van der Waals surface area contributed by atoms with Crippen LogP contribution in [0.4, 0.5) is 0 Å². The molecule has 0 spiro atoms. The van der Waals surface area contributed by atoms with E-state index in [9.17, 15) is 9.59 Å². The first kappa shape index (κ1) is 16.0. The topological polar surface area (TPSA) is 49.4 Å². The average molecular weight is 320 g/mol. The van der Waals surface area contributed by atoms with E-state index >= 15 is 0 Å². The molecule has 1 saturated heterocycles. The predicted octanol–water partition coefficient (Wildman–Crippen LogP) is 2.87. The molecule has 0 unspecified atom stereocenters. The van der Waals surface area contributed by atoms with E-state index < -0.39 is 0 Å². The number of carbonyl (C=O) groups excluding carboxylic acids is 2. The summed E-state index contributed by atoms with van der Waals surface area (Å²) in [4.78, 5) is 26.1. The molecule has 1 fully saturated rings. The lowest BCUT2D eigenvalue weighted by Gasteiger charge is -2.16. The number of nitrogens with zero attached hydrogens (tertiary/aromatic N) is 1. The lowest BCUT2D eigenvalue weighted by Crippen LogP contribution is -2.38. The molecule has 1 aliphatic rings. The highest BCUT2D eigenvalue weighted by Crippen LogP contribution is 2.23. The van der Waals surface area contributed by atoms with Gasteiger partial charge in [0.2, 0.25) is 5.91 Å². The summed E-state index contributed by atoms with van der Waals surface area (Å²) in [6, 6.07) is 17.4. The van der Waals surface area contributed by atoms with Gasteiger partial charge in [-0.2, -0.15) is 0 Å². The first-order valence-electron chi connectivity index (χ1n) is 8.05. The molecule has 4 heteroatoms. The van der Waals surface area contributed by atoms with Crippen LogP contribution < -0.4 is 5.32 Å². The van der Waals surface area contributed by atoms with Crippen molar-refractivity contribution in [2.75, 3.05) is 13.1 Å². The Hall–Kier alpha value is -2.88. The monoisotopic (exact) mass is 320 g/mol. The zero-order chi connectivity index (χ0) is 16.9. The smallest absolute Gasteiger partial charge is 0.252 e. The number of likely N-dealkylation sites (tertiary alicyclic amines) is 1. The Kier molecular flexibility index (Phi) is 4.75. The number of carbonyl (C=O) groups is 2. The summed E-state index contributed by atoms with van der Waals surface area (Å²) < 4.78 is 0. The second-order valence-corrected chi connectivity index (χ2v) is 5.86. The van der Waals surface area contributed by atoms with Crippen molar-refractivity contribution in [2.24, 2.45) is 0 Å². The average Bonchev–Trinajstić information content (AvgIpc) is 3.10. The highest BCUT2D eigenvalue weighted by molar-refractivity contribution is 6.01. The van der Waals surface area contributed by atoms with Gasteiger partial charge in [0.15, 0.2) is 0 Å². The van der Waals surface area contributed by atoms with Gasteiger partial charge in [0.25, 0.3) is 5.91 Å². The van der Waals surface area contributed by atoms with E-state index in [0.29, 0.717) is 18.7 Å². The van der Waals surface area contributed by atoms with Gasteiger partial charge in [-0.3, -0.25) is 9.59 Å². The highest BCUT2D eigenvalue weighted by Gasteiger charge is 2.26. The number of nitrogens with one attached hydrogen (secondary N) is 1. The molecule has 2 aromatic rings. The summed E-state index contributed by atoms with van der Waals surface area (Å²) in [7, 11) is 0. The lowest BCUT2D eigenvalue weighted by molar-refractivity contribution is -0.125. The van der Waals surface area contributed by atoms with Crippen LogP contribution in [0, 0.1) is 0 Å². The summed E-state index contributed by atoms with van der Waals surface area (Å²) in [6.45, 7) is 4.69. The molecule has 0 bridgehead atoms. The molecular formula is C20H20N2O2. The maximum atomic E-state index is 12.7. The molecule has 1 aliphatic heterocycles. The second kappa shape index (κ2) is 7.13. The van der Waals surface area contributed by atoms with Crippen molar-refractivity contribution >= 4 is 11.8 Å². The van der Waals surface area contributed by atoms with Gasteiger partial charge >= 0.3 is 0 Å². The minimum Gasteiger partial charge on any atom is -0.347 e. The van der Waals surface area contributed by atoms with Crippen molar-refractivity contribution in [3.05, 3.63) is 72.8 Å². The zero-order valence-corrected chi connectivity index (χ0v) is 13.4. The van der Waals surface area contributed by atoms with Crippen LogP contribution in [0.25, 0.3) is 11.1 Å². The Morgan fingerprint density at radius 3 is 2.54 bits per heavy atom. The highest BCUT2D eigenvalue weighted by atomic mass is 16.2. The SMILES string of the molecule is C=CC(=O)N1CC[C@@H](NC(=O)c2ccccc2-c2ccccc2)C1. The van der Waals surface area contributed by atoms with Crippen molar-refractivity contribution < 1.29 is 9.59 Å². The van der Waals surface area contributed by atoms with E-state index in [2.05, 4.69) is 11.9 Å². The first-order chi connectivity index (χ1) is 11.7. The number of amides is 2. The standard InChI is InChI=1S/C20H20N2O2/c1-2-19(23)22-13-12-16(14-22)21-20(24)18-11-7-6-10-17(18)15-8-4-3-5-9-15/h2-11,16H,1,12-14H2,(H,21,24)/t16-/m1/s1. The molecule has 0 aliphatic carbocycles. The van der Waals surface area contributed by atoms with Crippen LogP contribution in [0.15, 0.2) is 67.3 Å². The minimum atomic E-state index is -0.104. The predicted molar refractivity (Wildman–Crippen MR) is 94.5 cm³/mol. The molecule has 4 nitrogen and oxygen atoms in total. The molecule has 122 valence electrons. The van der Waals surface area contributed by atoms with Crippen molar-refractivity contribution in [2.45, 2.75) is 12.5 Å². The van der Waals surface area contributed by atoms with Crippen LogP contribution in [0.3, 0.4) is 0 Å². The maximum Gasteiger partial charge on any atom is 0.252 e. The molecule has 0 aromatic heterocycles. The van der Waals surface area contributed by atoms with Crippen LogP contribution in [0.5, 0.6) is 0 Å². The number of hydrogen-bond acceptors (Lipinski definition) is 2. The largest absolute Gasteiger partial charge is 0.347 e. The van der Waals surface area contributed by atoms with Gasteiger partial charge in [-0.15, -0.1) is 0 Å². The molecule has 1 heterocycles. The van der Waals surface area contributed by atoms with E-state index in [-0.39, 0.29) is 17.9 Å². The van der Waals surface area contributed by atoms with Gasteiger partial charge in [0, 0.05) is 24.7 Å². The Morgan fingerprint density at radius 2 is 1.79 bits per heavy atom. The summed E-state index contributed by atoms with van der Waals surface area (Å²) >= 11 is 0. The Labute approximate surface area is 141 Å². The van der Waals surface area contributed by atoms with Gasteiger partial charge < -0.3 is 10.2 Å². The third-order valence-electron chi connectivity index (χ3n) is 4.27. The minimum absolute atomic E-state index is 0.0229. The van der Waals surface area contributed by atoms with Crippen LogP contribution in [0.1, 0.15) is 16.8 Å². The van der Waals surface area contributed by atoms with Gasteiger partial charge in [0.05, 0.1) is 0 Å². The molecule has 0 saturated carbocycles. The number of hydrogen-bond donors (Lipinski definition) is 1.